The van der Waals surface area contributed by atoms with Crippen molar-refractivity contribution in [2.45, 2.75) is 13.5 Å². The summed E-state index contributed by atoms with van der Waals surface area (Å²) >= 11 is 0. The number of aromatic nitrogens is 2. The van der Waals surface area contributed by atoms with Gasteiger partial charge in [-0.2, -0.15) is 4.98 Å². The molecule has 1 aromatic heterocycles. The normalized spacial score (nSPS) is 14.7. The second-order valence-electron chi connectivity index (χ2n) is 5.27. The van der Waals surface area contributed by atoms with Crippen LogP contribution in [-0.4, -0.2) is 58.8 Å². The Labute approximate surface area is 134 Å². The van der Waals surface area contributed by atoms with Gasteiger partial charge < -0.3 is 19.1 Å². The maximum Gasteiger partial charge on any atom is 0.320 e. The van der Waals surface area contributed by atoms with Gasteiger partial charge in [0.25, 0.3) is 0 Å². The summed E-state index contributed by atoms with van der Waals surface area (Å²) in [4.78, 5) is 20.4. The highest BCUT2D eigenvalue weighted by molar-refractivity contribution is 5.74. The minimum atomic E-state index is -0.0183. The SMILES string of the molecule is CCN(Cc1nc(-c2ccccc2)no1)C(=O)N1CCOCC1. The first-order chi connectivity index (χ1) is 11.3. The highest BCUT2D eigenvalue weighted by Crippen LogP contribution is 2.16. The molecule has 122 valence electrons. The van der Waals surface area contributed by atoms with E-state index in [0.717, 1.165) is 5.56 Å². The molecule has 1 saturated heterocycles. The maximum atomic E-state index is 12.5. The van der Waals surface area contributed by atoms with E-state index in [2.05, 4.69) is 10.1 Å². The van der Waals surface area contributed by atoms with Crippen LogP contribution >= 0.6 is 0 Å². The van der Waals surface area contributed by atoms with Crippen LogP contribution in [0.2, 0.25) is 0 Å². The second-order valence-corrected chi connectivity index (χ2v) is 5.27. The van der Waals surface area contributed by atoms with Gasteiger partial charge in [-0.1, -0.05) is 35.5 Å². The molecule has 1 aromatic carbocycles. The highest BCUT2D eigenvalue weighted by atomic mass is 16.5. The number of benzene rings is 1. The van der Waals surface area contributed by atoms with Crippen LogP contribution in [0.1, 0.15) is 12.8 Å². The lowest BCUT2D eigenvalue weighted by Crippen LogP contribution is -2.47. The van der Waals surface area contributed by atoms with Crippen LogP contribution in [0.4, 0.5) is 4.79 Å². The predicted molar refractivity (Wildman–Crippen MR) is 83.6 cm³/mol. The summed E-state index contributed by atoms with van der Waals surface area (Å²) in [6, 6.07) is 9.60. The van der Waals surface area contributed by atoms with Gasteiger partial charge in [-0.3, -0.25) is 0 Å². The van der Waals surface area contributed by atoms with Crippen molar-refractivity contribution in [2.75, 3.05) is 32.8 Å². The molecule has 1 aliphatic rings. The third-order valence-corrected chi connectivity index (χ3v) is 3.76. The molecule has 0 atom stereocenters. The van der Waals surface area contributed by atoms with Gasteiger partial charge in [0.05, 0.1) is 13.2 Å². The topological polar surface area (TPSA) is 71.7 Å². The van der Waals surface area contributed by atoms with Gasteiger partial charge in [-0.25, -0.2) is 4.79 Å². The zero-order valence-electron chi connectivity index (χ0n) is 13.1. The molecule has 0 N–H and O–H groups in total. The molecule has 0 spiro atoms. The number of hydrogen-bond acceptors (Lipinski definition) is 5. The molecule has 23 heavy (non-hydrogen) atoms. The highest BCUT2D eigenvalue weighted by Gasteiger charge is 2.23. The number of carbonyl (C=O) groups excluding carboxylic acids is 1. The van der Waals surface area contributed by atoms with Gasteiger partial charge >= 0.3 is 6.03 Å². The van der Waals surface area contributed by atoms with Crippen LogP contribution in [0.15, 0.2) is 34.9 Å². The van der Waals surface area contributed by atoms with E-state index >= 15 is 0 Å². The van der Waals surface area contributed by atoms with Gasteiger partial charge in [0.1, 0.15) is 6.54 Å². The van der Waals surface area contributed by atoms with Crippen LogP contribution in [0.25, 0.3) is 11.4 Å². The zero-order valence-corrected chi connectivity index (χ0v) is 13.1. The Hall–Kier alpha value is -2.41. The molecule has 2 heterocycles. The Bertz CT molecular complexity index is 638. The van der Waals surface area contributed by atoms with Gasteiger partial charge in [0, 0.05) is 25.2 Å². The first-order valence-electron chi connectivity index (χ1n) is 7.77. The monoisotopic (exact) mass is 316 g/mol. The molecule has 2 amide bonds. The number of morpholine rings is 1. The molecule has 0 unspecified atom stereocenters. The Balaban J connectivity index is 1.67. The van der Waals surface area contributed by atoms with Gasteiger partial charge in [-0.15, -0.1) is 0 Å². The van der Waals surface area contributed by atoms with E-state index in [1.54, 1.807) is 9.80 Å². The Morgan fingerprint density at radius 1 is 1.26 bits per heavy atom. The van der Waals surface area contributed by atoms with E-state index in [4.69, 9.17) is 9.26 Å². The van der Waals surface area contributed by atoms with E-state index in [1.165, 1.54) is 0 Å². The summed E-state index contributed by atoms with van der Waals surface area (Å²) in [6.07, 6.45) is 0. The Morgan fingerprint density at radius 3 is 2.70 bits per heavy atom. The molecule has 0 bridgehead atoms. The maximum absolute atomic E-state index is 12.5. The average molecular weight is 316 g/mol. The van der Waals surface area contributed by atoms with E-state index in [0.29, 0.717) is 51.1 Å². The van der Waals surface area contributed by atoms with Crippen molar-refractivity contribution >= 4 is 6.03 Å². The van der Waals surface area contributed by atoms with E-state index in [-0.39, 0.29) is 6.03 Å². The number of hydrogen-bond donors (Lipinski definition) is 0. The molecular weight excluding hydrogens is 296 g/mol. The first kappa shape index (κ1) is 15.5. The van der Waals surface area contributed by atoms with Crippen LogP contribution in [-0.2, 0) is 11.3 Å². The van der Waals surface area contributed by atoms with Crippen molar-refractivity contribution in [2.24, 2.45) is 0 Å². The molecular formula is C16H20N4O3. The number of nitrogens with zero attached hydrogens (tertiary/aromatic N) is 4. The fourth-order valence-corrected chi connectivity index (χ4v) is 2.46. The second kappa shape index (κ2) is 7.23. The summed E-state index contributed by atoms with van der Waals surface area (Å²) in [5, 5.41) is 3.99. The van der Waals surface area contributed by atoms with E-state index in [9.17, 15) is 4.79 Å². The lowest BCUT2D eigenvalue weighted by molar-refractivity contribution is 0.0422. The van der Waals surface area contributed by atoms with Crippen LogP contribution in [0.3, 0.4) is 0 Å². The van der Waals surface area contributed by atoms with Crippen LogP contribution in [0, 0.1) is 0 Å². The lowest BCUT2D eigenvalue weighted by atomic mass is 10.2. The van der Waals surface area contributed by atoms with Crippen molar-refractivity contribution in [1.82, 2.24) is 19.9 Å². The summed E-state index contributed by atoms with van der Waals surface area (Å²) in [5.41, 5.74) is 0.894. The minimum Gasteiger partial charge on any atom is -0.378 e. The van der Waals surface area contributed by atoms with Crippen molar-refractivity contribution < 1.29 is 14.1 Å². The van der Waals surface area contributed by atoms with Crippen LogP contribution in [0.5, 0.6) is 0 Å². The molecule has 0 aliphatic carbocycles. The van der Waals surface area contributed by atoms with E-state index < -0.39 is 0 Å². The molecule has 3 rings (SSSR count). The molecule has 0 saturated carbocycles. The molecule has 7 heteroatoms. The average Bonchev–Trinajstić information content (AvgIpc) is 3.09. The molecule has 1 aliphatic heterocycles. The number of rotatable bonds is 4. The number of urea groups is 1. The van der Waals surface area contributed by atoms with Gasteiger partial charge in [0.15, 0.2) is 0 Å². The first-order valence-corrected chi connectivity index (χ1v) is 7.77. The summed E-state index contributed by atoms with van der Waals surface area (Å²) < 4.78 is 10.6. The summed E-state index contributed by atoms with van der Waals surface area (Å²) in [5.74, 6) is 0.975. The fraction of sp³-hybridized carbons (Fsp3) is 0.438. The minimum absolute atomic E-state index is 0.0183. The summed E-state index contributed by atoms with van der Waals surface area (Å²) in [6.45, 7) is 5.24. The largest absolute Gasteiger partial charge is 0.378 e. The number of amides is 2. The Kier molecular flexibility index (Phi) is 4.87. The van der Waals surface area contributed by atoms with Crippen molar-refractivity contribution in [1.29, 1.82) is 0 Å². The molecule has 0 radical (unpaired) electrons. The fourth-order valence-electron chi connectivity index (χ4n) is 2.46. The third-order valence-electron chi connectivity index (χ3n) is 3.76. The molecule has 2 aromatic rings. The Morgan fingerprint density at radius 2 is 2.00 bits per heavy atom. The lowest BCUT2D eigenvalue weighted by Gasteiger charge is -2.31. The third kappa shape index (κ3) is 3.68. The number of ether oxygens (including phenoxy) is 1. The van der Waals surface area contributed by atoms with Crippen molar-refractivity contribution in [3.05, 3.63) is 36.2 Å². The smallest absolute Gasteiger partial charge is 0.320 e. The van der Waals surface area contributed by atoms with Crippen LogP contribution < -0.4 is 0 Å². The summed E-state index contributed by atoms with van der Waals surface area (Å²) in [7, 11) is 0. The van der Waals surface area contributed by atoms with Gasteiger partial charge in [0.2, 0.25) is 11.7 Å². The van der Waals surface area contributed by atoms with Crippen molar-refractivity contribution in [3.8, 4) is 11.4 Å². The zero-order chi connectivity index (χ0) is 16.1. The van der Waals surface area contributed by atoms with E-state index in [1.807, 2.05) is 37.3 Å². The number of carbonyl (C=O) groups is 1. The van der Waals surface area contributed by atoms with Crippen molar-refractivity contribution in [3.63, 3.8) is 0 Å². The standard InChI is InChI=1S/C16H20N4O3/c1-2-19(16(21)20-8-10-22-11-9-20)12-14-17-15(18-23-14)13-6-4-3-5-7-13/h3-7H,2,8-12H2,1H3. The molecule has 1 fully saturated rings. The quantitative estimate of drug-likeness (QED) is 0.863. The predicted octanol–water partition coefficient (Wildman–Crippen LogP) is 2.01. The molecule has 7 nitrogen and oxygen atoms in total. The van der Waals surface area contributed by atoms with Gasteiger partial charge in [-0.05, 0) is 6.92 Å².